The fraction of sp³-hybridized carbons (Fsp3) is 0.286. The van der Waals surface area contributed by atoms with Crippen molar-refractivity contribution in [2.75, 3.05) is 23.3 Å². The summed E-state index contributed by atoms with van der Waals surface area (Å²) in [5.41, 5.74) is 2.32. The van der Waals surface area contributed by atoms with Crippen molar-refractivity contribution in [3.05, 3.63) is 41.4 Å². The van der Waals surface area contributed by atoms with Gasteiger partial charge in [0.2, 0.25) is 5.91 Å². The molecule has 1 N–H and O–H groups in total. The van der Waals surface area contributed by atoms with E-state index in [0.717, 1.165) is 30.2 Å². The third kappa shape index (κ3) is 2.61. The number of carbonyl (C=O) groups is 1. The number of anilines is 2. The monoisotopic (exact) mass is 273 g/mol. The summed E-state index contributed by atoms with van der Waals surface area (Å²) in [6.45, 7) is 1.09. The van der Waals surface area contributed by atoms with Crippen LogP contribution in [0.3, 0.4) is 0 Å². The van der Waals surface area contributed by atoms with Gasteiger partial charge in [-0.2, -0.15) is 0 Å². The molecule has 0 bridgehead atoms. The SMILES string of the molecule is O=C(CNc1nccs1)N1CCCc2ccccc21. The highest BCUT2D eigenvalue weighted by Crippen LogP contribution is 2.26. The number of nitrogens with one attached hydrogen (secondary N) is 1. The van der Waals surface area contributed by atoms with Crippen molar-refractivity contribution in [2.24, 2.45) is 0 Å². The van der Waals surface area contributed by atoms with E-state index in [1.807, 2.05) is 28.5 Å². The average molecular weight is 273 g/mol. The van der Waals surface area contributed by atoms with Crippen molar-refractivity contribution in [1.82, 2.24) is 4.98 Å². The molecule has 2 heterocycles. The van der Waals surface area contributed by atoms with Gasteiger partial charge < -0.3 is 10.2 Å². The van der Waals surface area contributed by atoms with Crippen LogP contribution in [-0.2, 0) is 11.2 Å². The Labute approximate surface area is 116 Å². The molecule has 0 fully saturated rings. The van der Waals surface area contributed by atoms with Gasteiger partial charge in [0, 0.05) is 23.8 Å². The minimum absolute atomic E-state index is 0.0994. The Hall–Kier alpha value is -1.88. The Balaban J connectivity index is 1.71. The molecule has 1 aromatic carbocycles. The predicted molar refractivity (Wildman–Crippen MR) is 77.7 cm³/mol. The second kappa shape index (κ2) is 5.40. The number of carbonyl (C=O) groups excluding carboxylic acids is 1. The lowest BCUT2D eigenvalue weighted by Crippen LogP contribution is -2.39. The Kier molecular flexibility index (Phi) is 3.46. The predicted octanol–water partition coefficient (Wildman–Crippen LogP) is 2.53. The van der Waals surface area contributed by atoms with E-state index in [2.05, 4.69) is 16.4 Å². The van der Waals surface area contributed by atoms with E-state index in [4.69, 9.17) is 0 Å². The van der Waals surface area contributed by atoms with Crippen molar-refractivity contribution >= 4 is 28.1 Å². The van der Waals surface area contributed by atoms with Crippen LogP contribution < -0.4 is 10.2 Å². The lowest BCUT2D eigenvalue weighted by molar-refractivity contribution is -0.117. The van der Waals surface area contributed by atoms with Crippen LogP contribution in [0, 0.1) is 0 Å². The summed E-state index contributed by atoms with van der Waals surface area (Å²) in [5, 5.41) is 5.75. The number of thiazole rings is 1. The molecule has 2 aromatic rings. The highest BCUT2D eigenvalue weighted by molar-refractivity contribution is 7.13. The zero-order chi connectivity index (χ0) is 13.1. The van der Waals surface area contributed by atoms with E-state index in [1.165, 1.54) is 16.9 Å². The fourth-order valence-corrected chi connectivity index (χ4v) is 2.88. The molecular weight excluding hydrogens is 258 g/mol. The molecule has 4 nitrogen and oxygen atoms in total. The van der Waals surface area contributed by atoms with Gasteiger partial charge in [-0.05, 0) is 24.5 Å². The number of amides is 1. The van der Waals surface area contributed by atoms with Crippen LogP contribution >= 0.6 is 11.3 Å². The van der Waals surface area contributed by atoms with Gasteiger partial charge in [0.15, 0.2) is 5.13 Å². The Morgan fingerprint density at radius 1 is 1.42 bits per heavy atom. The first kappa shape index (κ1) is 12.2. The molecule has 3 rings (SSSR count). The highest BCUT2D eigenvalue weighted by Gasteiger charge is 2.21. The quantitative estimate of drug-likeness (QED) is 0.934. The number of aryl methyl sites for hydroxylation is 1. The van der Waals surface area contributed by atoms with Gasteiger partial charge in [-0.3, -0.25) is 4.79 Å². The van der Waals surface area contributed by atoms with Crippen LogP contribution in [0.4, 0.5) is 10.8 Å². The molecule has 0 radical (unpaired) electrons. The number of hydrogen-bond acceptors (Lipinski definition) is 4. The van der Waals surface area contributed by atoms with Crippen molar-refractivity contribution < 1.29 is 4.79 Å². The number of aromatic nitrogens is 1. The van der Waals surface area contributed by atoms with Crippen LogP contribution in [0.25, 0.3) is 0 Å². The zero-order valence-electron chi connectivity index (χ0n) is 10.5. The summed E-state index contributed by atoms with van der Waals surface area (Å²) >= 11 is 1.50. The van der Waals surface area contributed by atoms with Crippen LogP contribution in [0.2, 0.25) is 0 Å². The summed E-state index contributed by atoms with van der Waals surface area (Å²) in [7, 11) is 0. The minimum atomic E-state index is 0.0994. The van der Waals surface area contributed by atoms with E-state index in [1.54, 1.807) is 6.20 Å². The topological polar surface area (TPSA) is 45.2 Å². The maximum Gasteiger partial charge on any atom is 0.246 e. The lowest BCUT2D eigenvalue weighted by atomic mass is 10.0. The van der Waals surface area contributed by atoms with Crippen molar-refractivity contribution in [3.63, 3.8) is 0 Å². The van der Waals surface area contributed by atoms with E-state index >= 15 is 0 Å². The molecule has 1 aromatic heterocycles. The molecule has 0 spiro atoms. The van der Waals surface area contributed by atoms with Crippen LogP contribution in [0.15, 0.2) is 35.8 Å². The first-order chi connectivity index (χ1) is 9.34. The third-order valence-electron chi connectivity index (χ3n) is 3.23. The number of hydrogen-bond donors (Lipinski definition) is 1. The molecular formula is C14H15N3OS. The number of para-hydroxylation sites is 1. The summed E-state index contributed by atoms with van der Waals surface area (Å²) < 4.78 is 0. The standard InChI is InChI=1S/C14H15N3OS/c18-13(10-16-14-15-7-9-19-14)17-8-3-5-11-4-1-2-6-12(11)17/h1-2,4,6-7,9H,3,5,8,10H2,(H,15,16). The Morgan fingerprint density at radius 3 is 3.16 bits per heavy atom. The van der Waals surface area contributed by atoms with E-state index < -0.39 is 0 Å². The first-order valence-electron chi connectivity index (χ1n) is 6.36. The number of rotatable bonds is 3. The van der Waals surface area contributed by atoms with Crippen molar-refractivity contribution in [1.29, 1.82) is 0 Å². The Morgan fingerprint density at radius 2 is 2.32 bits per heavy atom. The molecule has 0 saturated carbocycles. The van der Waals surface area contributed by atoms with Crippen molar-refractivity contribution in [2.45, 2.75) is 12.8 Å². The van der Waals surface area contributed by atoms with Crippen LogP contribution in [0.1, 0.15) is 12.0 Å². The average Bonchev–Trinajstić information content (AvgIpc) is 2.97. The van der Waals surface area contributed by atoms with Gasteiger partial charge in [0.25, 0.3) is 0 Å². The second-order valence-corrected chi connectivity index (χ2v) is 5.36. The largest absolute Gasteiger partial charge is 0.352 e. The summed E-state index contributed by atoms with van der Waals surface area (Å²) in [6.07, 6.45) is 3.81. The molecule has 19 heavy (non-hydrogen) atoms. The normalized spacial score (nSPS) is 14.0. The highest BCUT2D eigenvalue weighted by atomic mass is 32.1. The van der Waals surface area contributed by atoms with E-state index in [9.17, 15) is 4.79 Å². The molecule has 0 saturated heterocycles. The summed E-state index contributed by atoms with van der Waals surface area (Å²) in [4.78, 5) is 18.3. The molecule has 1 aliphatic rings. The molecule has 0 unspecified atom stereocenters. The van der Waals surface area contributed by atoms with Gasteiger partial charge in [0.05, 0.1) is 6.54 Å². The van der Waals surface area contributed by atoms with Gasteiger partial charge in [-0.15, -0.1) is 11.3 Å². The summed E-state index contributed by atoms with van der Waals surface area (Å²) in [5.74, 6) is 0.0994. The fourth-order valence-electron chi connectivity index (χ4n) is 2.35. The minimum Gasteiger partial charge on any atom is -0.352 e. The molecule has 1 amide bonds. The zero-order valence-corrected chi connectivity index (χ0v) is 11.3. The van der Waals surface area contributed by atoms with E-state index in [-0.39, 0.29) is 5.91 Å². The van der Waals surface area contributed by atoms with Crippen molar-refractivity contribution in [3.8, 4) is 0 Å². The second-order valence-electron chi connectivity index (χ2n) is 4.47. The van der Waals surface area contributed by atoms with Gasteiger partial charge >= 0.3 is 0 Å². The maximum absolute atomic E-state index is 12.3. The molecule has 0 aliphatic carbocycles. The smallest absolute Gasteiger partial charge is 0.246 e. The van der Waals surface area contributed by atoms with Crippen LogP contribution in [-0.4, -0.2) is 24.0 Å². The lowest BCUT2D eigenvalue weighted by Gasteiger charge is -2.29. The first-order valence-corrected chi connectivity index (χ1v) is 7.24. The molecule has 0 atom stereocenters. The molecule has 5 heteroatoms. The summed E-state index contributed by atoms with van der Waals surface area (Å²) in [6, 6.07) is 8.14. The number of benzene rings is 1. The number of fused-ring (bicyclic) bond motifs is 1. The maximum atomic E-state index is 12.3. The Bertz CT molecular complexity index is 568. The van der Waals surface area contributed by atoms with E-state index in [0.29, 0.717) is 6.54 Å². The van der Waals surface area contributed by atoms with Gasteiger partial charge in [0.1, 0.15) is 0 Å². The van der Waals surface area contributed by atoms with Gasteiger partial charge in [-0.1, -0.05) is 18.2 Å². The molecule has 98 valence electrons. The van der Waals surface area contributed by atoms with Crippen LogP contribution in [0.5, 0.6) is 0 Å². The number of nitrogens with zero attached hydrogens (tertiary/aromatic N) is 2. The van der Waals surface area contributed by atoms with Gasteiger partial charge in [-0.25, -0.2) is 4.98 Å². The third-order valence-corrected chi connectivity index (χ3v) is 3.97. The molecule has 1 aliphatic heterocycles.